The quantitative estimate of drug-likeness (QED) is 0.0544. The number of aryl methyl sites for hydroxylation is 4. The number of rotatable bonds is 21. The molecule has 0 unspecified atom stereocenters. The van der Waals surface area contributed by atoms with E-state index in [4.69, 9.17) is 15.9 Å². The monoisotopic (exact) mass is 790 g/mol. The van der Waals surface area contributed by atoms with Gasteiger partial charge in [0.05, 0.1) is 6.61 Å². The molecule has 0 saturated heterocycles. The summed E-state index contributed by atoms with van der Waals surface area (Å²) in [4.78, 5) is 10.4. The fourth-order valence-corrected chi connectivity index (χ4v) is 11.1. The molecule has 0 bridgehead atoms. The maximum Gasteiger partial charge on any atom is 0.149 e. The maximum atomic E-state index is 6.69. The second kappa shape index (κ2) is 22.0. The van der Waals surface area contributed by atoms with Crippen LogP contribution in [0, 0.1) is 50.1 Å². The van der Waals surface area contributed by atoms with Crippen LogP contribution in [0.2, 0.25) is 0 Å². The van der Waals surface area contributed by atoms with Crippen molar-refractivity contribution >= 4 is 45.3 Å². The third-order valence-corrected chi connectivity index (χ3v) is 14.2. The third kappa shape index (κ3) is 11.7. The predicted molar refractivity (Wildman–Crippen MR) is 240 cm³/mol. The van der Waals surface area contributed by atoms with Crippen LogP contribution >= 0.6 is 45.3 Å². The number of ether oxygens (including phenoxy) is 2. The van der Waals surface area contributed by atoms with Crippen molar-refractivity contribution in [2.24, 2.45) is 0 Å². The molecule has 0 saturated carbocycles. The lowest BCUT2D eigenvalue weighted by atomic mass is 10.0. The zero-order valence-corrected chi connectivity index (χ0v) is 36.0. The van der Waals surface area contributed by atoms with E-state index in [1.165, 1.54) is 105 Å². The lowest BCUT2D eigenvalue weighted by molar-refractivity contribution is 0.306. The summed E-state index contributed by atoms with van der Waals surface area (Å²) >= 11 is 7.44. The van der Waals surface area contributed by atoms with Crippen LogP contribution in [0.25, 0.3) is 40.4 Å². The van der Waals surface area contributed by atoms with Gasteiger partial charge in [-0.15, -0.1) is 51.8 Å². The van der Waals surface area contributed by atoms with Gasteiger partial charge in [0.15, 0.2) is 0 Å². The first-order chi connectivity index (χ1) is 26.4. The molecule has 4 aromatic heterocycles. The average Bonchev–Trinajstić information content (AvgIpc) is 3.99. The minimum atomic E-state index is 0.671. The van der Waals surface area contributed by atoms with Crippen LogP contribution in [0.15, 0.2) is 48.5 Å². The first-order valence-corrected chi connectivity index (χ1v) is 23.0. The Kier molecular flexibility index (Phi) is 16.9. The molecule has 4 heterocycles. The molecule has 2 nitrogen and oxygen atoms in total. The Morgan fingerprint density at radius 1 is 0.537 bits per heavy atom. The molecule has 54 heavy (non-hydrogen) atoms. The van der Waals surface area contributed by atoms with Gasteiger partial charge >= 0.3 is 0 Å². The number of terminal acetylenes is 1. The van der Waals surface area contributed by atoms with Gasteiger partial charge in [0.1, 0.15) is 17.6 Å². The van der Waals surface area contributed by atoms with Crippen molar-refractivity contribution in [3.63, 3.8) is 0 Å². The van der Waals surface area contributed by atoms with Crippen LogP contribution in [0.4, 0.5) is 0 Å². The molecule has 0 aliphatic carbocycles. The van der Waals surface area contributed by atoms with Crippen LogP contribution in [0.5, 0.6) is 11.5 Å². The Labute approximate surface area is 341 Å². The van der Waals surface area contributed by atoms with Gasteiger partial charge in [-0.3, -0.25) is 0 Å². The highest BCUT2D eigenvalue weighted by Crippen LogP contribution is 2.49. The Bertz CT molecular complexity index is 2110. The Hall–Kier alpha value is -3.70. The van der Waals surface area contributed by atoms with Crippen molar-refractivity contribution < 1.29 is 9.47 Å². The number of hydrogen-bond acceptors (Lipinski definition) is 6. The smallest absolute Gasteiger partial charge is 0.149 e. The van der Waals surface area contributed by atoms with E-state index >= 15 is 0 Å². The van der Waals surface area contributed by atoms with Crippen molar-refractivity contribution in [1.29, 1.82) is 0 Å². The number of benzene rings is 1. The molecular formula is C48H54O2S4. The van der Waals surface area contributed by atoms with Gasteiger partial charge in [-0.1, -0.05) is 78.6 Å². The van der Waals surface area contributed by atoms with Gasteiger partial charge in [-0.25, -0.2) is 0 Å². The molecule has 5 aromatic rings. The standard InChI is InChI=1S/C48H54O2S4/c1-7-11-15-19-23-37-31-35(5)51-47(37)45-27-25-43(53-45)39-33-42(50-30-22-18-14-10-4)40(34-41(39)49-29-21-17-13-9-3)44-26-28-46(54-44)48-38(32-36(6)52-48)24-20-16-12-8-2/h3,25-28,31-34H,7-8,10-12,14-16,18-20,22-24,30H2,1-2,4-6H3. The van der Waals surface area contributed by atoms with Crippen molar-refractivity contribution in [3.8, 4) is 88.1 Å². The minimum absolute atomic E-state index is 0.671. The highest BCUT2D eigenvalue weighted by Gasteiger charge is 2.21. The molecule has 0 atom stereocenters. The van der Waals surface area contributed by atoms with Crippen LogP contribution in [0.3, 0.4) is 0 Å². The van der Waals surface area contributed by atoms with Gasteiger partial charge in [0.2, 0.25) is 0 Å². The molecule has 0 N–H and O–H groups in total. The van der Waals surface area contributed by atoms with Crippen molar-refractivity contribution in [1.82, 2.24) is 0 Å². The Morgan fingerprint density at radius 3 is 1.57 bits per heavy atom. The van der Waals surface area contributed by atoms with Gasteiger partial charge in [0, 0.05) is 62.0 Å². The normalized spacial score (nSPS) is 10.7. The lowest BCUT2D eigenvalue weighted by Crippen LogP contribution is -2.00. The summed E-state index contributed by atoms with van der Waals surface area (Å²) in [5, 5.41) is 0. The van der Waals surface area contributed by atoms with Gasteiger partial charge in [-0.2, -0.15) is 0 Å². The molecule has 6 heteroatoms. The number of thiophene rings is 4. The molecule has 0 aliphatic rings. The molecule has 0 fully saturated rings. The molecule has 0 amide bonds. The van der Waals surface area contributed by atoms with E-state index in [9.17, 15) is 0 Å². The summed E-state index contributed by atoms with van der Waals surface area (Å²) in [7, 11) is 0. The second-order valence-corrected chi connectivity index (χ2v) is 18.5. The molecule has 282 valence electrons. The van der Waals surface area contributed by atoms with E-state index < -0.39 is 0 Å². The van der Waals surface area contributed by atoms with Gasteiger partial charge in [0.25, 0.3) is 0 Å². The highest BCUT2D eigenvalue weighted by molar-refractivity contribution is 7.24. The fourth-order valence-electron chi connectivity index (χ4n) is 6.65. The summed E-state index contributed by atoms with van der Waals surface area (Å²) in [6.07, 6.45) is 25.1. The minimum Gasteiger partial charge on any atom is -0.493 e. The zero-order valence-electron chi connectivity index (χ0n) is 32.8. The SMILES string of the molecule is C#CC#CC#COc1cc(-c2ccc(-c3sc(C)cc3CCCCCC)s2)c(OCCCCCC)cc1-c1ccc(-c2sc(C)cc2CCCCCC)s1. The Balaban J connectivity index is 1.55. The first kappa shape index (κ1) is 41.5. The molecule has 0 aliphatic heterocycles. The van der Waals surface area contributed by atoms with E-state index in [0.717, 1.165) is 52.3 Å². The summed E-state index contributed by atoms with van der Waals surface area (Å²) in [5.74, 6) is 11.9. The lowest BCUT2D eigenvalue weighted by Gasteiger charge is -2.15. The van der Waals surface area contributed by atoms with E-state index in [1.54, 1.807) is 0 Å². The molecule has 0 radical (unpaired) electrons. The van der Waals surface area contributed by atoms with E-state index in [1.807, 2.05) is 45.3 Å². The fraction of sp³-hybridized carbons (Fsp3) is 0.417. The van der Waals surface area contributed by atoms with Crippen molar-refractivity contribution in [2.45, 2.75) is 125 Å². The van der Waals surface area contributed by atoms with Crippen LogP contribution in [-0.4, -0.2) is 6.61 Å². The summed E-state index contributed by atoms with van der Waals surface area (Å²) in [5.41, 5.74) is 4.92. The van der Waals surface area contributed by atoms with Gasteiger partial charge < -0.3 is 9.47 Å². The third-order valence-electron chi connectivity index (χ3n) is 9.40. The zero-order chi connectivity index (χ0) is 38.1. The molecule has 0 spiro atoms. The number of hydrogen-bond donors (Lipinski definition) is 0. The van der Waals surface area contributed by atoms with E-state index in [0.29, 0.717) is 12.4 Å². The van der Waals surface area contributed by atoms with Gasteiger partial charge in [-0.05, 0) is 117 Å². The Morgan fingerprint density at radius 2 is 1.04 bits per heavy atom. The van der Waals surface area contributed by atoms with E-state index in [2.05, 4.69) is 113 Å². The summed E-state index contributed by atoms with van der Waals surface area (Å²) < 4.78 is 12.9. The molecule has 1 aromatic carbocycles. The maximum absolute atomic E-state index is 6.69. The molecular weight excluding hydrogens is 737 g/mol. The van der Waals surface area contributed by atoms with Crippen molar-refractivity contribution in [2.75, 3.05) is 6.61 Å². The second-order valence-electron chi connectivity index (χ2n) is 13.8. The topological polar surface area (TPSA) is 18.5 Å². The number of unbranched alkanes of at least 4 members (excludes halogenated alkanes) is 9. The highest BCUT2D eigenvalue weighted by atomic mass is 32.1. The predicted octanol–water partition coefficient (Wildman–Crippen LogP) is 15.4. The van der Waals surface area contributed by atoms with Crippen LogP contribution < -0.4 is 9.47 Å². The summed E-state index contributed by atoms with van der Waals surface area (Å²) in [6, 6.07) is 18.1. The summed E-state index contributed by atoms with van der Waals surface area (Å²) in [6.45, 7) is 11.9. The van der Waals surface area contributed by atoms with Crippen molar-refractivity contribution in [3.05, 3.63) is 69.4 Å². The van der Waals surface area contributed by atoms with E-state index in [-0.39, 0.29) is 0 Å². The largest absolute Gasteiger partial charge is 0.493 e. The average molecular weight is 791 g/mol. The van der Waals surface area contributed by atoms with Crippen LogP contribution in [-0.2, 0) is 12.8 Å². The first-order valence-electron chi connectivity index (χ1n) is 19.8. The molecule has 5 rings (SSSR count). The van der Waals surface area contributed by atoms with Crippen LogP contribution in [0.1, 0.15) is 119 Å².